The first-order valence-corrected chi connectivity index (χ1v) is 8.21. The number of rotatable bonds is 6. The largest absolute Gasteiger partial charge is 0.368 e. The van der Waals surface area contributed by atoms with Crippen LogP contribution in [0.4, 0.5) is 5.95 Å². The number of anilines is 1. The molecule has 2 N–H and O–H groups in total. The number of hydrogen-bond donors (Lipinski definition) is 1. The van der Waals surface area contributed by atoms with E-state index in [4.69, 9.17) is 5.73 Å². The average molecular weight is 310 g/mol. The second-order valence-electron chi connectivity index (χ2n) is 5.00. The molecule has 0 atom stereocenters. The molecule has 0 fully saturated rings. The highest BCUT2D eigenvalue weighted by Gasteiger charge is 2.10. The van der Waals surface area contributed by atoms with Crippen molar-refractivity contribution in [2.45, 2.75) is 18.1 Å². The molecule has 3 aromatic rings. The van der Waals surface area contributed by atoms with Gasteiger partial charge in [-0.15, -0.1) is 10.2 Å². The number of nitrogens with two attached hydrogens (primary N) is 1. The molecule has 3 rings (SSSR count). The lowest BCUT2D eigenvalue weighted by Crippen LogP contribution is -2.06. The van der Waals surface area contributed by atoms with Crippen LogP contribution in [0.1, 0.15) is 11.1 Å². The van der Waals surface area contributed by atoms with E-state index in [-0.39, 0.29) is 0 Å². The summed E-state index contributed by atoms with van der Waals surface area (Å²) in [6, 6.07) is 20.7. The van der Waals surface area contributed by atoms with Crippen molar-refractivity contribution in [3.8, 4) is 0 Å². The third kappa shape index (κ3) is 3.68. The van der Waals surface area contributed by atoms with E-state index in [0.29, 0.717) is 12.5 Å². The van der Waals surface area contributed by atoms with E-state index >= 15 is 0 Å². The molecule has 1 heterocycles. The molecule has 112 valence electrons. The van der Waals surface area contributed by atoms with Gasteiger partial charge in [0.2, 0.25) is 5.95 Å². The zero-order valence-corrected chi connectivity index (χ0v) is 13.0. The van der Waals surface area contributed by atoms with Crippen LogP contribution in [0.2, 0.25) is 0 Å². The number of aryl methyl sites for hydroxylation is 1. The minimum atomic E-state index is 0.464. The highest BCUT2D eigenvalue weighted by atomic mass is 32.2. The SMILES string of the molecule is Nc1nnc(SCCc2ccccc2)n1Cc1ccccc1. The maximum atomic E-state index is 5.95. The van der Waals surface area contributed by atoms with E-state index < -0.39 is 0 Å². The van der Waals surface area contributed by atoms with Crippen molar-refractivity contribution >= 4 is 17.7 Å². The second-order valence-corrected chi connectivity index (χ2v) is 6.06. The smallest absolute Gasteiger partial charge is 0.222 e. The van der Waals surface area contributed by atoms with Crippen molar-refractivity contribution < 1.29 is 0 Å². The van der Waals surface area contributed by atoms with E-state index in [9.17, 15) is 0 Å². The van der Waals surface area contributed by atoms with E-state index in [0.717, 1.165) is 17.3 Å². The van der Waals surface area contributed by atoms with E-state index in [1.54, 1.807) is 11.8 Å². The average Bonchev–Trinajstić information content (AvgIpc) is 2.90. The molecule has 1 aromatic heterocycles. The Bertz CT molecular complexity index is 710. The third-order valence-corrected chi connectivity index (χ3v) is 4.36. The van der Waals surface area contributed by atoms with Crippen molar-refractivity contribution in [1.29, 1.82) is 0 Å². The Morgan fingerprint density at radius 3 is 2.18 bits per heavy atom. The van der Waals surface area contributed by atoms with Gasteiger partial charge in [-0.3, -0.25) is 4.57 Å². The minimum Gasteiger partial charge on any atom is -0.368 e. The Morgan fingerprint density at radius 1 is 0.864 bits per heavy atom. The zero-order chi connectivity index (χ0) is 15.2. The minimum absolute atomic E-state index is 0.464. The number of nitrogen functional groups attached to an aromatic ring is 1. The van der Waals surface area contributed by atoms with E-state index in [2.05, 4.69) is 46.6 Å². The van der Waals surface area contributed by atoms with Gasteiger partial charge in [-0.05, 0) is 17.5 Å². The molecule has 0 aliphatic rings. The van der Waals surface area contributed by atoms with Crippen LogP contribution < -0.4 is 5.73 Å². The topological polar surface area (TPSA) is 56.7 Å². The van der Waals surface area contributed by atoms with Crippen molar-refractivity contribution in [3.05, 3.63) is 71.8 Å². The molecule has 0 radical (unpaired) electrons. The molecule has 22 heavy (non-hydrogen) atoms. The summed E-state index contributed by atoms with van der Waals surface area (Å²) < 4.78 is 1.96. The lowest BCUT2D eigenvalue weighted by Gasteiger charge is -2.08. The van der Waals surface area contributed by atoms with Crippen LogP contribution in [-0.2, 0) is 13.0 Å². The standard InChI is InChI=1S/C17H18N4S/c18-16-19-20-17(21(16)13-15-9-5-2-6-10-15)22-12-11-14-7-3-1-4-8-14/h1-10H,11-13H2,(H2,18,19). The summed E-state index contributed by atoms with van der Waals surface area (Å²) in [4.78, 5) is 0. The Labute approximate surface area is 134 Å². The van der Waals surface area contributed by atoms with Gasteiger partial charge in [0.1, 0.15) is 0 Å². The van der Waals surface area contributed by atoms with Gasteiger partial charge in [-0.2, -0.15) is 0 Å². The Morgan fingerprint density at radius 2 is 1.50 bits per heavy atom. The first-order valence-electron chi connectivity index (χ1n) is 7.22. The first kappa shape index (κ1) is 14.7. The molecule has 5 heteroatoms. The highest BCUT2D eigenvalue weighted by Crippen LogP contribution is 2.20. The molecule has 0 spiro atoms. The summed E-state index contributed by atoms with van der Waals surface area (Å²) in [6.45, 7) is 0.702. The van der Waals surface area contributed by atoms with E-state index in [1.165, 1.54) is 11.1 Å². The first-order chi connectivity index (χ1) is 10.8. The van der Waals surface area contributed by atoms with Crippen molar-refractivity contribution in [2.24, 2.45) is 0 Å². The van der Waals surface area contributed by atoms with Gasteiger partial charge >= 0.3 is 0 Å². The van der Waals surface area contributed by atoms with E-state index in [1.807, 2.05) is 28.8 Å². The number of nitrogens with zero attached hydrogens (tertiary/aromatic N) is 3. The molecular weight excluding hydrogens is 292 g/mol. The Balaban J connectivity index is 1.64. The molecule has 0 saturated heterocycles. The van der Waals surface area contributed by atoms with Crippen LogP contribution in [0, 0.1) is 0 Å². The van der Waals surface area contributed by atoms with Gasteiger partial charge < -0.3 is 5.73 Å². The molecule has 0 aliphatic heterocycles. The molecule has 0 aliphatic carbocycles. The summed E-state index contributed by atoms with van der Waals surface area (Å²) in [5.74, 6) is 1.42. The highest BCUT2D eigenvalue weighted by molar-refractivity contribution is 7.99. The fourth-order valence-electron chi connectivity index (χ4n) is 2.23. The molecule has 4 nitrogen and oxygen atoms in total. The van der Waals surface area contributed by atoms with Crippen LogP contribution in [0.15, 0.2) is 65.8 Å². The van der Waals surface area contributed by atoms with Crippen LogP contribution in [0.3, 0.4) is 0 Å². The third-order valence-electron chi connectivity index (χ3n) is 3.39. The van der Waals surface area contributed by atoms with Crippen molar-refractivity contribution in [3.63, 3.8) is 0 Å². The fraction of sp³-hybridized carbons (Fsp3) is 0.176. The van der Waals surface area contributed by atoms with Crippen molar-refractivity contribution in [1.82, 2.24) is 14.8 Å². The number of aromatic nitrogens is 3. The normalized spacial score (nSPS) is 10.7. The summed E-state index contributed by atoms with van der Waals surface area (Å²) >= 11 is 1.69. The van der Waals surface area contributed by atoms with Gasteiger partial charge in [0.25, 0.3) is 0 Å². The molecule has 0 saturated carbocycles. The van der Waals surface area contributed by atoms with Gasteiger partial charge in [0.15, 0.2) is 5.16 Å². The van der Waals surface area contributed by atoms with Gasteiger partial charge in [-0.25, -0.2) is 0 Å². The quantitative estimate of drug-likeness (QED) is 0.710. The maximum absolute atomic E-state index is 5.95. The lowest BCUT2D eigenvalue weighted by atomic mass is 10.2. The van der Waals surface area contributed by atoms with Gasteiger partial charge in [0.05, 0.1) is 6.54 Å². The van der Waals surface area contributed by atoms with Gasteiger partial charge in [0, 0.05) is 5.75 Å². The van der Waals surface area contributed by atoms with Crippen LogP contribution in [0.25, 0.3) is 0 Å². The molecule has 0 amide bonds. The monoisotopic (exact) mass is 310 g/mol. The molecule has 0 unspecified atom stereocenters. The molecular formula is C17H18N4S. The van der Waals surface area contributed by atoms with Gasteiger partial charge in [-0.1, -0.05) is 72.4 Å². The summed E-state index contributed by atoms with van der Waals surface area (Å²) in [5, 5.41) is 9.07. The zero-order valence-electron chi connectivity index (χ0n) is 12.2. The van der Waals surface area contributed by atoms with Crippen LogP contribution in [0.5, 0.6) is 0 Å². The summed E-state index contributed by atoms with van der Waals surface area (Å²) in [7, 11) is 0. The molecule has 2 aromatic carbocycles. The van der Waals surface area contributed by atoms with Crippen molar-refractivity contribution in [2.75, 3.05) is 11.5 Å². The molecule has 0 bridgehead atoms. The predicted octanol–water partition coefficient (Wildman–Crippen LogP) is 3.24. The number of benzene rings is 2. The Hall–Kier alpha value is -2.27. The Kier molecular flexibility index (Phi) is 4.75. The van der Waals surface area contributed by atoms with Crippen LogP contribution in [-0.4, -0.2) is 20.5 Å². The number of hydrogen-bond acceptors (Lipinski definition) is 4. The summed E-state index contributed by atoms with van der Waals surface area (Å²) in [6.07, 6.45) is 1.00. The fourth-order valence-corrected chi connectivity index (χ4v) is 3.16. The summed E-state index contributed by atoms with van der Waals surface area (Å²) in [5.41, 5.74) is 8.47. The number of thioether (sulfide) groups is 1. The second kappa shape index (κ2) is 7.13. The van der Waals surface area contributed by atoms with Crippen LogP contribution >= 0.6 is 11.8 Å². The lowest BCUT2D eigenvalue weighted by molar-refractivity contribution is 0.717. The predicted molar refractivity (Wildman–Crippen MR) is 90.8 cm³/mol. The maximum Gasteiger partial charge on any atom is 0.222 e.